The van der Waals surface area contributed by atoms with Crippen LogP contribution in [0, 0.1) is 0 Å². The van der Waals surface area contributed by atoms with Crippen molar-refractivity contribution in [1.82, 2.24) is 0 Å². The van der Waals surface area contributed by atoms with Crippen molar-refractivity contribution in [3.8, 4) is 0 Å². The Morgan fingerprint density at radius 1 is 0.938 bits per heavy atom. The largest absolute Gasteiger partial charge is 0.712 e. The van der Waals surface area contributed by atoms with Gasteiger partial charge in [-0.15, -0.1) is 0 Å². The molecule has 0 fully saturated rings. The van der Waals surface area contributed by atoms with E-state index in [9.17, 15) is 0 Å². The zero-order chi connectivity index (χ0) is 11.6. The highest BCUT2D eigenvalue weighted by molar-refractivity contribution is 6.36. The highest BCUT2D eigenvalue weighted by Gasteiger charge is 2.20. The van der Waals surface area contributed by atoms with E-state index in [0.717, 1.165) is 18.6 Å². The van der Waals surface area contributed by atoms with E-state index in [1.54, 1.807) is 14.2 Å². The third-order valence-electron chi connectivity index (χ3n) is 2.88. The van der Waals surface area contributed by atoms with Crippen molar-refractivity contribution in [2.45, 2.75) is 51.4 Å². The molecule has 16 heavy (non-hydrogen) atoms. The molecule has 92 valence electrons. The Morgan fingerprint density at radius 3 is 2.25 bits per heavy atom. The minimum atomic E-state index is -0.561. The van der Waals surface area contributed by atoms with E-state index in [2.05, 4.69) is 6.08 Å². The summed E-state index contributed by atoms with van der Waals surface area (Å²) in [6.07, 6.45) is 12.1. The maximum absolute atomic E-state index is 5.64. The summed E-state index contributed by atoms with van der Waals surface area (Å²) >= 11 is 0. The predicted molar refractivity (Wildman–Crippen MR) is 65.9 cm³/mol. The van der Waals surface area contributed by atoms with Crippen LogP contribution in [0.4, 0.5) is 0 Å². The molecule has 0 unspecified atom stereocenters. The van der Waals surface area contributed by atoms with Gasteiger partial charge in [-0.3, -0.25) is 0 Å². The van der Waals surface area contributed by atoms with Crippen LogP contribution in [0.15, 0.2) is 11.8 Å². The molecule has 0 radical (unpaired) electrons. The van der Waals surface area contributed by atoms with E-state index >= 15 is 0 Å². The Balaban J connectivity index is 2.42. The molecule has 0 amide bonds. The molecule has 0 aromatic heterocycles. The molecule has 0 aromatic carbocycles. The molecule has 0 heterocycles. The summed E-state index contributed by atoms with van der Waals surface area (Å²) in [5, 5.41) is 0. The Bertz CT molecular complexity index is 202. The van der Waals surface area contributed by atoms with E-state index in [1.807, 2.05) is 0 Å². The van der Waals surface area contributed by atoms with Crippen LogP contribution in [0.25, 0.3) is 0 Å². The molecular weight excluding hydrogens is 203 g/mol. The molecule has 0 saturated carbocycles. The topological polar surface area (TPSA) is 27.7 Å². The van der Waals surface area contributed by atoms with E-state index in [0.29, 0.717) is 0 Å². The van der Waals surface area contributed by atoms with Gasteiger partial charge in [0.2, 0.25) is 0 Å². The van der Waals surface area contributed by atoms with Crippen LogP contribution in [-0.2, 0) is 14.0 Å². The first-order chi connectivity index (χ1) is 7.86. The minimum absolute atomic E-state index is 0.561. The molecule has 0 aliphatic heterocycles. The number of hydrogen-bond acceptors (Lipinski definition) is 3. The summed E-state index contributed by atoms with van der Waals surface area (Å²) < 4.78 is 15.7. The lowest BCUT2D eigenvalue weighted by molar-refractivity contribution is 0.164. The fourth-order valence-electron chi connectivity index (χ4n) is 1.94. The van der Waals surface area contributed by atoms with Gasteiger partial charge in [0.25, 0.3) is 0 Å². The van der Waals surface area contributed by atoms with Gasteiger partial charge in [0.15, 0.2) is 0 Å². The molecule has 0 N–H and O–H groups in total. The van der Waals surface area contributed by atoms with Gasteiger partial charge < -0.3 is 14.0 Å². The first-order valence-corrected chi connectivity index (χ1v) is 6.28. The maximum Gasteiger partial charge on any atom is 0.712 e. The average molecular weight is 226 g/mol. The molecule has 0 saturated heterocycles. The van der Waals surface area contributed by atoms with E-state index in [-0.39, 0.29) is 0 Å². The maximum atomic E-state index is 5.64. The fraction of sp³-hybridized carbons (Fsp3) is 0.833. The lowest BCUT2D eigenvalue weighted by atomic mass is 10.0. The first-order valence-electron chi connectivity index (χ1n) is 6.28. The molecular formula is C12H23BO3. The van der Waals surface area contributed by atoms with Gasteiger partial charge in [-0.2, -0.15) is 0 Å². The van der Waals surface area contributed by atoms with Gasteiger partial charge in [0, 0.05) is 20.6 Å². The molecule has 1 aliphatic carbocycles. The normalized spacial score (nSPS) is 18.8. The Kier molecular flexibility index (Phi) is 7.35. The van der Waals surface area contributed by atoms with E-state index in [1.165, 1.54) is 38.5 Å². The van der Waals surface area contributed by atoms with Crippen LogP contribution in [-0.4, -0.2) is 21.5 Å². The summed E-state index contributed by atoms with van der Waals surface area (Å²) in [6, 6.07) is 0. The second-order valence-corrected chi connectivity index (χ2v) is 4.21. The number of hydrogen-bond donors (Lipinski definition) is 0. The standard InChI is InChI=1S/C12H23BO3/c1-14-13(15-2)16-12-10-8-6-4-3-5-7-9-11-12/h10H,3-9,11H2,1-2H3. The third kappa shape index (κ3) is 5.57. The van der Waals surface area contributed by atoms with Crippen LogP contribution >= 0.6 is 0 Å². The molecule has 4 heteroatoms. The first kappa shape index (κ1) is 13.6. The molecule has 1 rings (SSSR count). The Morgan fingerprint density at radius 2 is 1.56 bits per heavy atom. The van der Waals surface area contributed by atoms with Crippen molar-refractivity contribution in [2.75, 3.05) is 14.2 Å². The van der Waals surface area contributed by atoms with Gasteiger partial charge >= 0.3 is 7.32 Å². The summed E-state index contributed by atoms with van der Waals surface area (Å²) in [5.41, 5.74) is 0. The van der Waals surface area contributed by atoms with Crippen molar-refractivity contribution in [2.24, 2.45) is 0 Å². The van der Waals surface area contributed by atoms with Gasteiger partial charge in [-0.1, -0.05) is 25.7 Å². The molecule has 0 aromatic rings. The zero-order valence-corrected chi connectivity index (χ0v) is 10.5. The minimum Gasteiger partial charge on any atom is -0.516 e. The Hall–Kier alpha value is -0.475. The van der Waals surface area contributed by atoms with Crippen molar-refractivity contribution in [3.63, 3.8) is 0 Å². The van der Waals surface area contributed by atoms with Crippen LogP contribution in [0.1, 0.15) is 51.4 Å². The van der Waals surface area contributed by atoms with Crippen LogP contribution in [0.2, 0.25) is 0 Å². The SMILES string of the molecule is COB(OC)OC1=CCCCCCCCC1. The predicted octanol–water partition coefficient (Wildman–Crippen LogP) is 3.30. The molecule has 1 aliphatic rings. The lowest BCUT2D eigenvalue weighted by Crippen LogP contribution is -2.23. The summed E-state index contributed by atoms with van der Waals surface area (Å²) in [5.74, 6) is 1.02. The van der Waals surface area contributed by atoms with Crippen molar-refractivity contribution >= 4 is 7.32 Å². The number of allylic oxidation sites excluding steroid dienone is 2. The van der Waals surface area contributed by atoms with E-state index in [4.69, 9.17) is 14.0 Å². The highest BCUT2D eigenvalue weighted by Crippen LogP contribution is 2.18. The van der Waals surface area contributed by atoms with Crippen molar-refractivity contribution < 1.29 is 14.0 Å². The van der Waals surface area contributed by atoms with Gasteiger partial charge in [-0.25, -0.2) is 0 Å². The van der Waals surface area contributed by atoms with Crippen molar-refractivity contribution in [3.05, 3.63) is 11.8 Å². The smallest absolute Gasteiger partial charge is 0.516 e. The van der Waals surface area contributed by atoms with Crippen molar-refractivity contribution in [1.29, 1.82) is 0 Å². The summed E-state index contributed by atoms with van der Waals surface area (Å²) in [4.78, 5) is 0. The highest BCUT2D eigenvalue weighted by atomic mass is 16.7. The molecule has 0 bridgehead atoms. The zero-order valence-electron chi connectivity index (χ0n) is 10.5. The number of rotatable bonds is 4. The van der Waals surface area contributed by atoms with Crippen LogP contribution in [0.3, 0.4) is 0 Å². The van der Waals surface area contributed by atoms with Gasteiger partial charge in [0.1, 0.15) is 0 Å². The molecule has 3 nitrogen and oxygen atoms in total. The fourth-order valence-corrected chi connectivity index (χ4v) is 1.94. The second kappa shape index (κ2) is 8.65. The second-order valence-electron chi connectivity index (χ2n) is 4.21. The van der Waals surface area contributed by atoms with Crippen LogP contribution < -0.4 is 0 Å². The molecule has 0 atom stereocenters. The lowest BCUT2D eigenvalue weighted by Gasteiger charge is -2.15. The quantitative estimate of drug-likeness (QED) is 0.688. The van der Waals surface area contributed by atoms with Gasteiger partial charge in [-0.05, 0) is 25.3 Å². The average Bonchev–Trinajstić information content (AvgIpc) is 2.33. The monoisotopic (exact) mass is 226 g/mol. The van der Waals surface area contributed by atoms with E-state index < -0.39 is 7.32 Å². The van der Waals surface area contributed by atoms with Crippen LogP contribution in [0.5, 0.6) is 0 Å². The summed E-state index contributed by atoms with van der Waals surface area (Å²) in [7, 11) is 2.62. The third-order valence-corrected chi connectivity index (χ3v) is 2.88. The molecule has 0 spiro atoms. The Labute approximate surface area is 99.3 Å². The van der Waals surface area contributed by atoms with Gasteiger partial charge in [0.05, 0.1) is 5.76 Å². The summed E-state index contributed by atoms with van der Waals surface area (Å²) in [6.45, 7) is 0.